The molecule has 1 aliphatic carbocycles. The molecule has 5 heteroatoms. The molecule has 2 N–H and O–H groups in total. The molecule has 1 rings (SSSR count). The first-order chi connectivity index (χ1) is 5.96. The molecule has 1 aliphatic rings. The Morgan fingerprint density at radius 3 is 2.62 bits per heavy atom. The molecule has 1 fully saturated rings. The van der Waals surface area contributed by atoms with E-state index in [9.17, 15) is 8.42 Å². The molecule has 0 heterocycles. The Morgan fingerprint density at radius 1 is 1.54 bits per heavy atom. The maximum Gasteiger partial charge on any atom is 0.154 e. The molecule has 0 spiro atoms. The van der Waals surface area contributed by atoms with E-state index < -0.39 is 15.4 Å². The number of hydrogen-bond acceptors (Lipinski definition) is 4. The van der Waals surface area contributed by atoms with Crippen molar-refractivity contribution in [3.8, 4) is 0 Å². The minimum absolute atomic E-state index is 0.169. The van der Waals surface area contributed by atoms with Gasteiger partial charge in [-0.3, -0.25) is 0 Å². The SMILES string of the molecule is CCOC[C@]1(N)C[C@H]1S(=O)(=O)CC. The van der Waals surface area contributed by atoms with Gasteiger partial charge in [0.05, 0.1) is 17.4 Å². The summed E-state index contributed by atoms with van der Waals surface area (Å²) in [6, 6.07) is 0. The van der Waals surface area contributed by atoms with E-state index in [1.165, 1.54) is 0 Å². The van der Waals surface area contributed by atoms with Crippen LogP contribution in [0.1, 0.15) is 20.3 Å². The van der Waals surface area contributed by atoms with Crippen LogP contribution < -0.4 is 5.73 Å². The van der Waals surface area contributed by atoms with Gasteiger partial charge in [-0.25, -0.2) is 8.42 Å². The van der Waals surface area contributed by atoms with Gasteiger partial charge in [0.15, 0.2) is 9.84 Å². The predicted molar refractivity (Wildman–Crippen MR) is 51.3 cm³/mol. The largest absolute Gasteiger partial charge is 0.380 e. The fourth-order valence-electron chi connectivity index (χ4n) is 1.42. The molecule has 0 aromatic rings. The number of ether oxygens (including phenoxy) is 1. The number of nitrogens with two attached hydrogens (primary N) is 1. The first-order valence-electron chi connectivity index (χ1n) is 4.54. The average Bonchev–Trinajstić information content (AvgIpc) is 2.76. The van der Waals surface area contributed by atoms with Crippen molar-refractivity contribution in [1.29, 1.82) is 0 Å². The fraction of sp³-hybridized carbons (Fsp3) is 1.00. The van der Waals surface area contributed by atoms with E-state index in [0.29, 0.717) is 19.6 Å². The van der Waals surface area contributed by atoms with Crippen molar-refractivity contribution in [2.45, 2.75) is 31.1 Å². The van der Waals surface area contributed by atoms with Crippen LogP contribution >= 0.6 is 0 Å². The predicted octanol–water partition coefficient (Wildman–Crippen LogP) is -0.0726. The summed E-state index contributed by atoms with van der Waals surface area (Å²) in [5, 5.41) is -0.378. The van der Waals surface area contributed by atoms with Gasteiger partial charge in [-0.1, -0.05) is 6.92 Å². The molecule has 78 valence electrons. The summed E-state index contributed by atoms with van der Waals surface area (Å²) in [6.45, 7) is 4.45. The van der Waals surface area contributed by atoms with Crippen LogP contribution in [0, 0.1) is 0 Å². The molecule has 13 heavy (non-hydrogen) atoms. The van der Waals surface area contributed by atoms with Gasteiger partial charge >= 0.3 is 0 Å². The van der Waals surface area contributed by atoms with Gasteiger partial charge in [-0.2, -0.15) is 0 Å². The van der Waals surface area contributed by atoms with Gasteiger partial charge in [-0.15, -0.1) is 0 Å². The van der Waals surface area contributed by atoms with Gasteiger partial charge in [0.2, 0.25) is 0 Å². The van der Waals surface area contributed by atoms with Crippen molar-refractivity contribution >= 4 is 9.84 Å². The summed E-state index contributed by atoms with van der Waals surface area (Å²) < 4.78 is 28.0. The molecule has 0 saturated heterocycles. The maximum atomic E-state index is 11.4. The fourth-order valence-corrected chi connectivity index (χ4v) is 3.17. The summed E-state index contributed by atoms with van der Waals surface area (Å²) in [5.41, 5.74) is 5.23. The van der Waals surface area contributed by atoms with E-state index in [0.717, 1.165) is 0 Å². The highest BCUT2D eigenvalue weighted by Gasteiger charge is 2.58. The van der Waals surface area contributed by atoms with Crippen LogP contribution in [-0.2, 0) is 14.6 Å². The highest BCUT2D eigenvalue weighted by atomic mass is 32.2. The standard InChI is InChI=1S/C8H17NO3S/c1-3-12-6-8(9)5-7(8)13(10,11)4-2/h7H,3-6,9H2,1-2H3/t7-,8-/m1/s1. The van der Waals surface area contributed by atoms with Crippen molar-refractivity contribution in [2.75, 3.05) is 19.0 Å². The van der Waals surface area contributed by atoms with E-state index in [4.69, 9.17) is 10.5 Å². The molecular formula is C8H17NO3S. The molecule has 0 aromatic carbocycles. The molecule has 0 bridgehead atoms. The zero-order valence-electron chi connectivity index (χ0n) is 8.12. The molecule has 1 saturated carbocycles. The molecule has 0 unspecified atom stereocenters. The van der Waals surface area contributed by atoms with E-state index in [1.807, 2.05) is 6.92 Å². The van der Waals surface area contributed by atoms with E-state index in [1.54, 1.807) is 6.92 Å². The van der Waals surface area contributed by atoms with E-state index in [-0.39, 0.29) is 11.0 Å². The molecule has 0 radical (unpaired) electrons. The number of hydrogen-bond donors (Lipinski definition) is 1. The van der Waals surface area contributed by atoms with Crippen LogP contribution in [0.3, 0.4) is 0 Å². The Labute approximate surface area is 79.4 Å². The third-order valence-electron chi connectivity index (χ3n) is 2.46. The molecular weight excluding hydrogens is 190 g/mol. The first kappa shape index (κ1) is 10.9. The van der Waals surface area contributed by atoms with Crippen LogP contribution in [0.5, 0.6) is 0 Å². The zero-order valence-corrected chi connectivity index (χ0v) is 8.93. The Balaban J connectivity index is 2.53. The van der Waals surface area contributed by atoms with Crippen molar-refractivity contribution < 1.29 is 13.2 Å². The van der Waals surface area contributed by atoms with Gasteiger partial charge in [-0.05, 0) is 13.3 Å². The summed E-state index contributed by atoms with van der Waals surface area (Å²) in [7, 11) is -2.97. The topological polar surface area (TPSA) is 69.4 Å². The zero-order chi connectivity index (χ0) is 10.1. The van der Waals surface area contributed by atoms with Crippen molar-refractivity contribution in [3.05, 3.63) is 0 Å². The Hall–Kier alpha value is -0.130. The Bertz CT molecular complexity index is 275. The van der Waals surface area contributed by atoms with Gasteiger partial charge in [0.1, 0.15) is 0 Å². The van der Waals surface area contributed by atoms with Crippen molar-refractivity contribution in [3.63, 3.8) is 0 Å². The number of sulfone groups is 1. The second-order valence-corrected chi connectivity index (χ2v) is 5.99. The van der Waals surface area contributed by atoms with Crippen LogP contribution in [0.25, 0.3) is 0 Å². The van der Waals surface area contributed by atoms with E-state index >= 15 is 0 Å². The monoisotopic (exact) mass is 207 g/mol. The van der Waals surface area contributed by atoms with Gasteiger partial charge < -0.3 is 10.5 Å². The lowest BCUT2D eigenvalue weighted by atomic mass is 10.3. The van der Waals surface area contributed by atoms with Crippen LogP contribution in [0.15, 0.2) is 0 Å². The summed E-state index contributed by atoms with van der Waals surface area (Å²) in [6.07, 6.45) is 0.545. The highest BCUT2D eigenvalue weighted by molar-refractivity contribution is 7.92. The number of rotatable bonds is 5. The molecule has 0 aliphatic heterocycles. The van der Waals surface area contributed by atoms with Crippen LogP contribution in [0.4, 0.5) is 0 Å². The van der Waals surface area contributed by atoms with Gasteiger partial charge in [0, 0.05) is 12.4 Å². The average molecular weight is 207 g/mol. The highest BCUT2D eigenvalue weighted by Crippen LogP contribution is 2.40. The minimum atomic E-state index is -2.97. The molecule has 0 aromatic heterocycles. The van der Waals surface area contributed by atoms with Crippen LogP contribution in [0.2, 0.25) is 0 Å². The van der Waals surface area contributed by atoms with Crippen LogP contribution in [-0.4, -0.2) is 38.2 Å². The van der Waals surface area contributed by atoms with Crippen molar-refractivity contribution in [1.82, 2.24) is 0 Å². The third kappa shape index (κ3) is 2.21. The normalized spacial score (nSPS) is 33.3. The third-order valence-corrected chi connectivity index (χ3v) is 4.77. The molecule has 4 nitrogen and oxygen atoms in total. The lowest BCUT2D eigenvalue weighted by molar-refractivity contribution is 0.127. The smallest absolute Gasteiger partial charge is 0.154 e. The summed E-state index contributed by atoms with van der Waals surface area (Å²) in [4.78, 5) is 0. The Kier molecular flexibility index (Phi) is 2.99. The Morgan fingerprint density at radius 2 is 2.15 bits per heavy atom. The maximum absolute atomic E-state index is 11.4. The second-order valence-electron chi connectivity index (χ2n) is 3.51. The lowest BCUT2D eigenvalue weighted by Crippen LogP contribution is -2.36. The van der Waals surface area contributed by atoms with E-state index in [2.05, 4.69) is 0 Å². The minimum Gasteiger partial charge on any atom is -0.380 e. The summed E-state index contributed by atoms with van der Waals surface area (Å²) in [5.74, 6) is 0.169. The lowest BCUT2D eigenvalue weighted by Gasteiger charge is -2.10. The molecule has 0 amide bonds. The first-order valence-corrected chi connectivity index (χ1v) is 6.26. The molecule has 2 atom stereocenters. The second kappa shape index (κ2) is 3.55. The van der Waals surface area contributed by atoms with Crippen molar-refractivity contribution in [2.24, 2.45) is 5.73 Å². The van der Waals surface area contributed by atoms with Gasteiger partial charge in [0.25, 0.3) is 0 Å². The summed E-state index contributed by atoms with van der Waals surface area (Å²) >= 11 is 0. The quantitative estimate of drug-likeness (QED) is 0.685.